The smallest absolute Gasteiger partial charge is 0.131 e. The lowest BCUT2D eigenvalue weighted by molar-refractivity contribution is 0.589. The van der Waals surface area contributed by atoms with E-state index in [0.717, 1.165) is 73.6 Å². The van der Waals surface area contributed by atoms with Gasteiger partial charge in [-0.05, 0) is 84.3 Å². The second-order valence-electron chi connectivity index (χ2n) is 9.63. The first kappa shape index (κ1) is 26.8. The van der Waals surface area contributed by atoms with Crippen LogP contribution < -0.4 is 0 Å². The fraction of sp³-hybridized carbons (Fsp3) is 0.235. The Morgan fingerprint density at radius 3 is 1.18 bits per heavy atom. The first-order valence-electron chi connectivity index (χ1n) is 13.2. The van der Waals surface area contributed by atoms with Gasteiger partial charge in [0.1, 0.15) is 11.6 Å². The van der Waals surface area contributed by atoms with Crippen molar-refractivity contribution in [1.82, 2.24) is 0 Å². The summed E-state index contributed by atoms with van der Waals surface area (Å²) in [7, 11) is 0. The Labute approximate surface area is 223 Å². The van der Waals surface area contributed by atoms with E-state index in [1.54, 1.807) is 60.7 Å². The van der Waals surface area contributed by atoms with Crippen molar-refractivity contribution in [3.8, 4) is 34.4 Å². The van der Waals surface area contributed by atoms with Gasteiger partial charge in [-0.3, -0.25) is 0 Å². The number of aryl methyl sites for hydroxylation is 2. The van der Waals surface area contributed by atoms with Crippen molar-refractivity contribution in [1.29, 1.82) is 10.5 Å². The molecule has 190 valence electrons. The number of hydrogen-bond donors (Lipinski definition) is 0. The van der Waals surface area contributed by atoms with Gasteiger partial charge in [-0.25, -0.2) is 8.78 Å². The molecule has 4 heteroatoms. The molecule has 0 aliphatic heterocycles. The van der Waals surface area contributed by atoms with Gasteiger partial charge in [0, 0.05) is 11.1 Å². The summed E-state index contributed by atoms with van der Waals surface area (Å²) in [6.45, 7) is 0. The van der Waals surface area contributed by atoms with Crippen molar-refractivity contribution in [3.63, 3.8) is 0 Å². The Morgan fingerprint density at radius 2 is 0.842 bits per heavy atom. The van der Waals surface area contributed by atoms with Gasteiger partial charge in [0.15, 0.2) is 0 Å². The number of benzene rings is 4. The third kappa shape index (κ3) is 7.15. The van der Waals surface area contributed by atoms with Crippen molar-refractivity contribution in [2.24, 2.45) is 0 Å². The second-order valence-corrected chi connectivity index (χ2v) is 9.63. The summed E-state index contributed by atoms with van der Waals surface area (Å²) >= 11 is 0. The SMILES string of the molecule is N#Cc1ccc(-c2ccc(CCCCCCCCc3ccc(-c4ccc(C#N)cc4)c(F)c3)cc2F)cc1. The van der Waals surface area contributed by atoms with Crippen LogP contribution in [-0.4, -0.2) is 0 Å². The van der Waals surface area contributed by atoms with Crippen molar-refractivity contribution in [3.05, 3.63) is 119 Å². The van der Waals surface area contributed by atoms with Crippen LogP contribution in [0.25, 0.3) is 22.3 Å². The zero-order valence-corrected chi connectivity index (χ0v) is 21.4. The molecule has 0 aliphatic rings. The molecule has 0 saturated carbocycles. The molecule has 0 fully saturated rings. The van der Waals surface area contributed by atoms with E-state index < -0.39 is 0 Å². The van der Waals surface area contributed by atoms with Crippen molar-refractivity contribution < 1.29 is 8.78 Å². The average molecular weight is 505 g/mol. The number of halogens is 2. The molecule has 0 aliphatic carbocycles. The molecule has 0 amide bonds. The number of nitriles is 2. The fourth-order valence-electron chi connectivity index (χ4n) is 4.71. The van der Waals surface area contributed by atoms with E-state index >= 15 is 0 Å². The maximum atomic E-state index is 14.6. The van der Waals surface area contributed by atoms with Crippen molar-refractivity contribution >= 4 is 0 Å². The molecule has 0 aromatic heterocycles. The first-order valence-corrected chi connectivity index (χ1v) is 13.2. The summed E-state index contributed by atoms with van der Waals surface area (Å²) in [4.78, 5) is 0. The van der Waals surface area contributed by atoms with Gasteiger partial charge in [-0.15, -0.1) is 0 Å². The van der Waals surface area contributed by atoms with Crippen LogP contribution in [-0.2, 0) is 12.8 Å². The third-order valence-corrected chi connectivity index (χ3v) is 6.90. The highest BCUT2D eigenvalue weighted by Gasteiger charge is 2.08. The molecule has 0 bridgehead atoms. The van der Waals surface area contributed by atoms with E-state index in [4.69, 9.17) is 10.5 Å². The minimum Gasteiger partial charge on any atom is -0.206 e. The largest absolute Gasteiger partial charge is 0.206 e. The quantitative estimate of drug-likeness (QED) is 0.191. The molecular formula is C34H30F2N2. The number of nitrogens with zero attached hydrogens (tertiary/aromatic N) is 2. The number of unbranched alkanes of at least 4 members (excludes halogenated alkanes) is 5. The maximum absolute atomic E-state index is 14.6. The minimum absolute atomic E-state index is 0.228. The van der Waals surface area contributed by atoms with Crippen LogP contribution in [0.3, 0.4) is 0 Å². The summed E-state index contributed by atoms with van der Waals surface area (Å²) in [5.74, 6) is -0.456. The van der Waals surface area contributed by atoms with E-state index in [1.165, 1.54) is 0 Å². The number of rotatable bonds is 11. The van der Waals surface area contributed by atoms with E-state index in [1.807, 2.05) is 24.3 Å². The third-order valence-electron chi connectivity index (χ3n) is 6.90. The predicted molar refractivity (Wildman–Crippen MR) is 148 cm³/mol. The van der Waals surface area contributed by atoms with Crippen LogP contribution in [0, 0.1) is 34.3 Å². The van der Waals surface area contributed by atoms with Gasteiger partial charge in [-0.2, -0.15) is 10.5 Å². The van der Waals surface area contributed by atoms with Gasteiger partial charge in [-0.1, -0.05) is 74.2 Å². The summed E-state index contributed by atoms with van der Waals surface area (Å²) in [5.41, 5.74) is 5.81. The Morgan fingerprint density at radius 1 is 0.474 bits per heavy atom. The molecule has 0 saturated heterocycles. The van der Waals surface area contributed by atoms with Crippen LogP contribution in [0.5, 0.6) is 0 Å². The highest BCUT2D eigenvalue weighted by atomic mass is 19.1. The molecule has 38 heavy (non-hydrogen) atoms. The zero-order chi connectivity index (χ0) is 26.7. The van der Waals surface area contributed by atoms with Crippen LogP contribution in [0.4, 0.5) is 8.78 Å². The van der Waals surface area contributed by atoms with Crippen molar-refractivity contribution in [2.45, 2.75) is 51.4 Å². The molecular weight excluding hydrogens is 474 g/mol. The normalized spacial score (nSPS) is 10.6. The van der Waals surface area contributed by atoms with Crippen LogP contribution >= 0.6 is 0 Å². The molecule has 2 nitrogen and oxygen atoms in total. The topological polar surface area (TPSA) is 47.6 Å². The lowest BCUT2D eigenvalue weighted by Gasteiger charge is -2.08. The maximum Gasteiger partial charge on any atom is 0.131 e. The van der Waals surface area contributed by atoms with E-state index in [9.17, 15) is 8.78 Å². The Hall–Kier alpha value is -4.28. The molecule has 0 N–H and O–H groups in total. The Bertz CT molecular complexity index is 1330. The lowest BCUT2D eigenvalue weighted by atomic mass is 9.98. The molecule has 0 heterocycles. The molecule has 0 atom stereocenters. The van der Waals surface area contributed by atoms with Crippen LogP contribution in [0.1, 0.15) is 60.8 Å². The van der Waals surface area contributed by atoms with Gasteiger partial charge < -0.3 is 0 Å². The molecule has 4 rings (SSSR count). The van der Waals surface area contributed by atoms with Crippen LogP contribution in [0.2, 0.25) is 0 Å². The van der Waals surface area contributed by atoms with Gasteiger partial charge in [0.25, 0.3) is 0 Å². The Kier molecular flexibility index (Phi) is 9.38. The summed E-state index contributed by atoms with van der Waals surface area (Å²) in [6.07, 6.45) is 8.25. The van der Waals surface area contributed by atoms with Gasteiger partial charge in [0.2, 0.25) is 0 Å². The number of hydrogen-bond acceptors (Lipinski definition) is 2. The highest BCUT2D eigenvalue weighted by molar-refractivity contribution is 5.66. The molecule has 4 aromatic rings. The molecule has 4 aromatic carbocycles. The van der Waals surface area contributed by atoms with Crippen LogP contribution in [0.15, 0.2) is 84.9 Å². The predicted octanol–water partition coefficient (Wildman–Crippen LogP) is 9.17. The fourth-order valence-corrected chi connectivity index (χ4v) is 4.71. The second kappa shape index (κ2) is 13.3. The lowest BCUT2D eigenvalue weighted by Crippen LogP contribution is -1.92. The molecule has 0 radical (unpaired) electrons. The van der Waals surface area contributed by atoms with E-state index in [-0.39, 0.29) is 11.6 Å². The summed E-state index contributed by atoms with van der Waals surface area (Å²) < 4.78 is 29.3. The van der Waals surface area contributed by atoms with Gasteiger partial charge in [0.05, 0.1) is 23.3 Å². The zero-order valence-electron chi connectivity index (χ0n) is 21.4. The average Bonchev–Trinajstić information content (AvgIpc) is 2.95. The Balaban J connectivity index is 1.14. The summed E-state index contributed by atoms with van der Waals surface area (Å²) in [5, 5.41) is 17.8. The van der Waals surface area contributed by atoms with E-state index in [2.05, 4.69) is 12.1 Å². The standard InChI is InChI=1S/C34H30F2N2/c35-33-21-25(13-19-31(33)29-15-9-27(23-37)10-16-29)7-5-3-1-2-4-6-8-26-14-20-32(34(36)22-26)30-17-11-28(24-38)12-18-30/h9-22H,1-8H2. The minimum atomic E-state index is -0.228. The van der Waals surface area contributed by atoms with Gasteiger partial charge >= 0.3 is 0 Å². The highest BCUT2D eigenvalue weighted by Crippen LogP contribution is 2.26. The summed E-state index contributed by atoms with van der Waals surface area (Å²) in [6, 6.07) is 29.0. The first-order chi connectivity index (χ1) is 18.6. The monoisotopic (exact) mass is 504 g/mol. The van der Waals surface area contributed by atoms with E-state index in [0.29, 0.717) is 22.3 Å². The molecule has 0 spiro atoms. The molecule has 0 unspecified atom stereocenters. The van der Waals surface area contributed by atoms with Crippen molar-refractivity contribution in [2.75, 3.05) is 0 Å².